The van der Waals surface area contributed by atoms with Gasteiger partial charge in [-0.25, -0.2) is 4.98 Å². The highest BCUT2D eigenvalue weighted by molar-refractivity contribution is 5.91. The summed E-state index contributed by atoms with van der Waals surface area (Å²) in [4.78, 5) is 19.8. The van der Waals surface area contributed by atoms with E-state index < -0.39 is 0 Å². The van der Waals surface area contributed by atoms with Crippen molar-refractivity contribution in [3.8, 4) is 0 Å². The van der Waals surface area contributed by atoms with Crippen molar-refractivity contribution in [3.63, 3.8) is 0 Å². The Morgan fingerprint density at radius 2 is 1.81 bits per heavy atom. The zero-order valence-electron chi connectivity index (χ0n) is 15.2. The topological polar surface area (TPSA) is 67.2 Å². The molecule has 134 valence electrons. The number of hydrogen-bond acceptors (Lipinski definition) is 5. The number of carbonyl (C=O) groups excluding carboxylic acids is 1. The second kappa shape index (κ2) is 7.77. The Labute approximate surface area is 152 Å². The van der Waals surface area contributed by atoms with Crippen LogP contribution in [0.25, 0.3) is 0 Å². The predicted octanol–water partition coefficient (Wildman–Crippen LogP) is 2.06. The van der Waals surface area contributed by atoms with Crippen molar-refractivity contribution in [2.45, 2.75) is 13.1 Å². The van der Waals surface area contributed by atoms with Crippen LogP contribution in [0.4, 0.5) is 5.82 Å². The van der Waals surface area contributed by atoms with Crippen molar-refractivity contribution in [2.24, 2.45) is 0 Å². The molecule has 0 unspecified atom stereocenters. The van der Waals surface area contributed by atoms with Crippen molar-refractivity contribution >= 4 is 11.7 Å². The van der Waals surface area contributed by atoms with E-state index in [1.807, 2.05) is 36.3 Å². The van der Waals surface area contributed by atoms with Gasteiger partial charge in [-0.1, -0.05) is 30.3 Å². The minimum absolute atomic E-state index is 0.162. The van der Waals surface area contributed by atoms with Gasteiger partial charge in [0.1, 0.15) is 5.82 Å². The van der Waals surface area contributed by atoms with Gasteiger partial charge in [-0.2, -0.15) is 0 Å². The van der Waals surface area contributed by atoms with Gasteiger partial charge in [0.25, 0.3) is 5.91 Å². The highest BCUT2D eigenvalue weighted by atomic mass is 16.2. The van der Waals surface area contributed by atoms with Gasteiger partial charge >= 0.3 is 0 Å². The van der Waals surface area contributed by atoms with Gasteiger partial charge in [0.2, 0.25) is 0 Å². The molecule has 1 amide bonds. The number of nitrogens with zero attached hydrogens (tertiary/aromatic N) is 6. The van der Waals surface area contributed by atoms with Crippen LogP contribution < -0.4 is 4.90 Å². The lowest BCUT2D eigenvalue weighted by Crippen LogP contribution is -2.24. The molecule has 26 heavy (non-hydrogen) atoms. The molecular formula is C19H22N6O. The molecule has 7 nitrogen and oxygen atoms in total. The van der Waals surface area contributed by atoms with E-state index in [1.54, 1.807) is 32.4 Å². The largest absolute Gasteiger partial charge is 0.351 e. The molecule has 0 atom stereocenters. The van der Waals surface area contributed by atoms with Gasteiger partial charge in [0, 0.05) is 40.1 Å². The third kappa shape index (κ3) is 4.05. The average Bonchev–Trinajstić information content (AvgIpc) is 3.08. The van der Waals surface area contributed by atoms with Crippen LogP contribution in [-0.4, -0.2) is 51.7 Å². The normalized spacial score (nSPS) is 10.6. The quantitative estimate of drug-likeness (QED) is 0.681. The molecule has 2 aromatic heterocycles. The Kier molecular flexibility index (Phi) is 5.26. The maximum atomic E-state index is 11.9. The zero-order valence-corrected chi connectivity index (χ0v) is 15.2. The van der Waals surface area contributed by atoms with Crippen molar-refractivity contribution in [1.29, 1.82) is 0 Å². The SMILES string of the molecule is CN(C)C(=O)c1ccc(N(C)Cc2nccn2Cc2ccccc2)nn1. The fraction of sp³-hybridized carbons (Fsp3) is 0.263. The molecule has 2 heterocycles. The van der Waals surface area contributed by atoms with Crippen molar-refractivity contribution in [3.05, 3.63) is 71.9 Å². The van der Waals surface area contributed by atoms with E-state index in [2.05, 4.69) is 31.9 Å². The molecule has 1 aromatic carbocycles. The highest BCUT2D eigenvalue weighted by Gasteiger charge is 2.13. The van der Waals surface area contributed by atoms with E-state index in [-0.39, 0.29) is 5.91 Å². The van der Waals surface area contributed by atoms with E-state index in [9.17, 15) is 4.79 Å². The first-order valence-electron chi connectivity index (χ1n) is 8.35. The summed E-state index contributed by atoms with van der Waals surface area (Å²) >= 11 is 0. The van der Waals surface area contributed by atoms with Crippen molar-refractivity contribution < 1.29 is 4.79 Å². The lowest BCUT2D eigenvalue weighted by Gasteiger charge is -2.18. The molecule has 3 rings (SSSR count). The number of aromatic nitrogens is 4. The summed E-state index contributed by atoms with van der Waals surface area (Å²) in [6.07, 6.45) is 3.78. The van der Waals surface area contributed by atoms with E-state index in [1.165, 1.54) is 10.5 Å². The lowest BCUT2D eigenvalue weighted by atomic mass is 10.2. The van der Waals surface area contributed by atoms with Gasteiger partial charge in [-0.15, -0.1) is 10.2 Å². The first-order chi connectivity index (χ1) is 12.5. The zero-order chi connectivity index (χ0) is 18.5. The van der Waals surface area contributed by atoms with Crippen molar-refractivity contribution in [1.82, 2.24) is 24.6 Å². The molecule has 0 aliphatic carbocycles. The minimum atomic E-state index is -0.162. The molecule has 0 radical (unpaired) electrons. The van der Waals surface area contributed by atoms with Gasteiger partial charge in [0.05, 0.1) is 6.54 Å². The fourth-order valence-electron chi connectivity index (χ4n) is 2.58. The summed E-state index contributed by atoms with van der Waals surface area (Å²) in [5, 5.41) is 8.20. The standard InChI is InChI=1S/C19H22N6O/c1-23(2)19(26)16-9-10-17(22-21-16)24(3)14-18-20-11-12-25(18)13-15-7-5-4-6-8-15/h4-12H,13-14H2,1-3H3. The Balaban J connectivity index is 1.70. The number of benzene rings is 1. The Bertz CT molecular complexity index is 857. The molecule has 0 N–H and O–H groups in total. The molecule has 3 aromatic rings. The number of carbonyl (C=O) groups is 1. The summed E-state index contributed by atoms with van der Waals surface area (Å²) in [5.74, 6) is 1.46. The van der Waals surface area contributed by atoms with E-state index in [0.29, 0.717) is 18.1 Å². The highest BCUT2D eigenvalue weighted by Crippen LogP contribution is 2.13. The van der Waals surface area contributed by atoms with Gasteiger partial charge in [0.15, 0.2) is 11.5 Å². The molecule has 0 saturated heterocycles. The van der Waals surface area contributed by atoms with Crippen LogP contribution in [0.1, 0.15) is 21.9 Å². The Hall–Kier alpha value is -3.22. The molecule has 0 fully saturated rings. The van der Waals surface area contributed by atoms with Gasteiger partial charge < -0.3 is 14.4 Å². The molecule has 0 bridgehead atoms. The minimum Gasteiger partial charge on any atom is -0.351 e. The second-order valence-corrected chi connectivity index (χ2v) is 6.29. The third-order valence-corrected chi connectivity index (χ3v) is 4.04. The lowest BCUT2D eigenvalue weighted by molar-refractivity contribution is 0.0821. The fourth-order valence-corrected chi connectivity index (χ4v) is 2.58. The summed E-state index contributed by atoms with van der Waals surface area (Å²) < 4.78 is 2.11. The van der Waals surface area contributed by atoms with E-state index in [4.69, 9.17) is 0 Å². The van der Waals surface area contributed by atoms with Gasteiger partial charge in [-0.3, -0.25) is 4.79 Å². The molecule has 0 spiro atoms. The first kappa shape index (κ1) is 17.6. The monoisotopic (exact) mass is 350 g/mol. The average molecular weight is 350 g/mol. The molecular weight excluding hydrogens is 328 g/mol. The molecule has 0 saturated carbocycles. The summed E-state index contributed by atoms with van der Waals surface area (Å²) in [6.45, 7) is 1.36. The van der Waals surface area contributed by atoms with Crippen LogP contribution >= 0.6 is 0 Å². The summed E-state index contributed by atoms with van der Waals surface area (Å²) in [7, 11) is 5.31. The van der Waals surface area contributed by atoms with Crippen LogP contribution in [0.3, 0.4) is 0 Å². The number of anilines is 1. The number of hydrogen-bond donors (Lipinski definition) is 0. The summed E-state index contributed by atoms with van der Waals surface area (Å²) in [5.41, 5.74) is 1.55. The first-order valence-corrected chi connectivity index (χ1v) is 8.35. The summed E-state index contributed by atoms with van der Waals surface area (Å²) in [6, 6.07) is 13.8. The number of imidazole rings is 1. The van der Waals surface area contributed by atoms with Crippen molar-refractivity contribution in [2.75, 3.05) is 26.0 Å². The van der Waals surface area contributed by atoms with Crippen LogP contribution in [0, 0.1) is 0 Å². The molecule has 0 aliphatic heterocycles. The number of rotatable bonds is 6. The molecule has 7 heteroatoms. The third-order valence-electron chi connectivity index (χ3n) is 4.04. The van der Waals surface area contributed by atoms with Crippen LogP contribution in [0.2, 0.25) is 0 Å². The van der Waals surface area contributed by atoms with Crippen LogP contribution in [-0.2, 0) is 13.1 Å². The Morgan fingerprint density at radius 1 is 1.04 bits per heavy atom. The van der Waals surface area contributed by atoms with Crippen LogP contribution in [0.5, 0.6) is 0 Å². The molecule has 0 aliphatic rings. The van der Waals surface area contributed by atoms with E-state index in [0.717, 1.165) is 12.4 Å². The Morgan fingerprint density at radius 3 is 2.46 bits per heavy atom. The predicted molar refractivity (Wildman–Crippen MR) is 99.9 cm³/mol. The van der Waals surface area contributed by atoms with Crippen LogP contribution in [0.15, 0.2) is 54.9 Å². The van der Waals surface area contributed by atoms with Gasteiger partial charge in [-0.05, 0) is 17.7 Å². The number of amides is 1. The maximum absolute atomic E-state index is 11.9. The maximum Gasteiger partial charge on any atom is 0.273 e. The smallest absolute Gasteiger partial charge is 0.273 e. The van der Waals surface area contributed by atoms with E-state index >= 15 is 0 Å². The second-order valence-electron chi connectivity index (χ2n) is 6.29.